The van der Waals surface area contributed by atoms with Crippen molar-refractivity contribution in [3.05, 3.63) is 89.9 Å². The van der Waals surface area contributed by atoms with Crippen molar-refractivity contribution in [2.45, 2.75) is 45.7 Å². The van der Waals surface area contributed by atoms with Gasteiger partial charge >= 0.3 is 0 Å². The summed E-state index contributed by atoms with van der Waals surface area (Å²) in [5.74, 6) is 1.32. The van der Waals surface area contributed by atoms with Gasteiger partial charge in [0, 0.05) is 12.6 Å². The highest BCUT2D eigenvalue weighted by Gasteiger charge is 2.25. The van der Waals surface area contributed by atoms with Gasteiger partial charge in [0.15, 0.2) is 0 Å². The summed E-state index contributed by atoms with van der Waals surface area (Å²) < 4.78 is 10.7. The molecule has 2 aromatic carbocycles. The van der Waals surface area contributed by atoms with Gasteiger partial charge in [0.2, 0.25) is 11.8 Å². The van der Waals surface area contributed by atoms with Crippen LogP contribution in [0.2, 0.25) is 0 Å². The molecule has 3 rings (SSSR count). The largest absolute Gasteiger partial charge is 0.497 e. The van der Waals surface area contributed by atoms with Gasteiger partial charge in [-0.1, -0.05) is 49.4 Å². The minimum Gasteiger partial charge on any atom is -0.497 e. The molecule has 1 aromatic heterocycles. The summed E-state index contributed by atoms with van der Waals surface area (Å²) in [6, 6.07) is 21.2. The number of ether oxygens (including phenoxy) is 1. The van der Waals surface area contributed by atoms with Gasteiger partial charge in [-0.2, -0.15) is 0 Å². The number of amides is 2. The van der Waals surface area contributed by atoms with Crippen LogP contribution in [-0.4, -0.2) is 47.9 Å². The lowest BCUT2D eigenvalue weighted by molar-refractivity contribution is -0.142. The van der Waals surface area contributed by atoms with E-state index in [9.17, 15) is 9.59 Å². The molecule has 180 valence electrons. The third-order valence-corrected chi connectivity index (χ3v) is 6.06. The Balaban J connectivity index is 1.71. The predicted octanol–water partition coefficient (Wildman–Crippen LogP) is 4.73. The highest BCUT2D eigenvalue weighted by Crippen LogP contribution is 2.15. The van der Waals surface area contributed by atoms with Gasteiger partial charge in [-0.3, -0.25) is 9.59 Å². The van der Waals surface area contributed by atoms with E-state index < -0.39 is 0 Å². The van der Waals surface area contributed by atoms with Crippen molar-refractivity contribution in [1.82, 2.24) is 9.80 Å². The number of hydrogen-bond acceptors (Lipinski definition) is 4. The second-order valence-electron chi connectivity index (χ2n) is 8.43. The van der Waals surface area contributed by atoms with Crippen LogP contribution in [0, 0.1) is 0 Å². The molecule has 0 saturated heterocycles. The molecular weight excluding hydrogens is 428 g/mol. The number of hydrogen-bond donors (Lipinski definition) is 0. The van der Waals surface area contributed by atoms with Crippen LogP contribution in [0.15, 0.2) is 77.4 Å². The van der Waals surface area contributed by atoms with Gasteiger partial charge in [0.25, 0.3) is 0 Å². The Morgan fingerprint density at radius 2 is 1.68 bits per heavy atom. The zero-order valence-electron chi connectivity index (χ0n) is 20.3. The number of nitrogens with zero attached hydrogens (tertiary/aromatic N) is 2. The molecule has 0 fully saturated rings. The van der Waals surface area contributed by atoms with Crippen molar-refractivity contribution in [2.24, 2.45) is 0 Å². The quantitative estimate of drug-likeness (QED) is 0.390. The Kier molecular flexibility index (Phi) is 9.32. The van der Waals surface area contributed by atoms with Gasteiger partial charge in [0.05, 0.1) is 26.3 Å². The SMILES string of the molecule is CC[C@@H](C)N(CC(=O)N(CCc1ccccc1)Cc1ccco1)C(=O)Cc1ccc(OC)cc1. The molecule has 0 spiro atoms. The lowest BCUT2D eigenvalue weighted by Crippen LogP contribution is -2.47. The van der Waals surface area contributed by atoms with E-state index in [0.29, 0.717) is 13.1 Å². The van der Waals surface area contributed by atoms with Gasteiger partial charge in [-0.15, -0.1) is 0 Å². The molecule has 0 aliphatic carbocycles. The van der Waals surface area contributed by atoms with Crippen molar-refractivity contribution in [2.75, 3.05) is 20.2 Å². The molecule has 34 heavy (non-hydrogen) atoms. The van der Waals surface area contributed by atoms with Gasteiger partial charge in [-0.05, 0) is 55.2 Å². The molecule has 2 amide bonds. The highest BCUT2D eigenvalue weighted by atomic mass is 16.5. The smallest absolute Gasteiger partial charge is 0.242 e. The zero-order chi connectivity index (χ0) is 24.3. The Bertz CT molecular complexity index is 1020. The van der Waals surface area contributed by atoms with E-state index in [-0.39, 0.29) is 30.8 Å². The fourth-order valence-corrected chi connectivity index (χ4v) is 3.77. The molecule has 3 aromatic rings. The second-order valence-corrected chi connectivity index (χ2v) is 8.43. The normalized spacial score (nSPS) is 11.6. The average Bonchev–Trinajstić information content (AvgIpc) is 3.38. The standard InChI is InChI=1S/C28H34N2O4/c1-4-22(2)30(27(31)19-24-12-14-25(33-3)15-13-24)21-28(32)29(20-26-11-8-18-34-26)17-16-23-9-6-5-7-10-23/h5-15,18,22H,4,16-17,19-21H2,1-3H3/t22-/m1/s1. The number of methoxy groups -OCH3 is 1. The molecular formula is C28H34N2O4. The van der Waals surface area contributed by atoms with Crippen LogP contribution >= 0.6 is 0 Å². The summed E-state index contributed by atoms with van der Waals surface area (Å²) in [6.07, 6.45) is 3.35. The van der Waals surface area contributed by atoms with Crippen LogP contribution in [0.25, 0.3) is 0 Å². The van der Waals surface area contributed by atoms with Crippen molar-refractivity contribution in [1.29, 1.82) is 0 Å². The number of benzene rings is 2. The van der Waals surface area contributed by atoms with E-state index in [0.717, 1.165) is 35.5 Å². The number of carbonyl (C=O) groups is 2. The summed E-state index contributed by atoms with van der Waals surface area (Å²) in [4.78, 5) is 30.1. The Labute approximate surface area is 202 Å². The maximum atomic E-state index is 13.4. The van der Waals surface area contributed by atoms with Crippen molar-refractivity contribution >= 4 is 11.8 Å². The first-order chi connectivity index (χ1) is 16.5. The molecule has 1 heterocycles. The van der Waals surface area contributed by atoms with Crippen LogP contribution in [0.3, 0.4) is 0 Å². The second kappa shape index (κ2) is 12.6. The zero-order valence-corrected chi connectivity index (χ0v) is 20.3. The molecule has 0 N–H and O–H groups in total. The summed E-state index contributed by atoms with van der Waals surface area (Å²) in [7, 11) is 1.61. The maximum Gasteiger partial charge on any atom is 0.242 e. The Hall–Kier alpha value is -3.54. The average molecular weight is 463 g/mol. The monoisotopic (exact) mass is 462 g/mol. The first-order valence-electron chi connectivity index (χ1n) is 11.8. The Morgan fingerprint density at radius 1 is 0.941 bits per heavy atom. The molecule has 0 aliphatic heterocycles. The van der Waals surface area contributed by atoms with E-state index in [1.54, 1.807) is 23.2 Å². The molecule has 0 saturated carbocycles. The van der Waals surface area contributed by atoms with Crippen LogP contribution in [0.1, 0.15) is 37.2 Å². The number of furan rings is 1. The molecule has 0 unspecified atom stereocenters. The maximum absolute atomic E-state index is 13.4. The molecule has 0 aliphatic rings. The predicted molar refractivity (Wildman–Crippen MR) is 132 cm³/mol. The van der Waals surface area contributed by atoms with Gasteiger partial charge in [0.1, 0.15) is 18.1 Å². The summed E-state index contributed by atoms with van der Waals surface area (Å²) in [5.41, 5.74) is 2.05. The molecule has 0 radical (unpaired) electrons. The fourth-order valence-electron chi connectivity index (χ4n) is 3.77. The first kappa shape index (κ1) is 25.1. The third kappa shape index (κ3) is 7.24. The minimum atomic E-state index is -0.0873. The van der Waals surface area contributed by atoms with E-state index in [2.05, 4.69) is 12.1 Å². The molecule has 6 heteroatoms. The van der Waals surface area contributed by atoms with Gasteiger partial charge in [-0.25, -0.2) is 0 Å². The number of rotatable bonds is 12. The van der Waals surface area contributed by atoms with Crippen LogP contribution in [-0.2, 0) is 29.0 Å². The van der Waals surface area contributed by atoms with Crippen molar-refractivity contribution < 1.29 is 18.7 Å². The molecule has 0 bridgehead atoms. The lowest BCUT2D eigenvalue weighted by Gasteiger charge is -2.31. The van der Waals surface area contributed by atoms with E-state index in [1.165, 1.54) is 0 Å². The summed E-state index contributed by atoms with van der Waals surface area (Å²) in [5, 5.41) is 0. The first-order valence-corrected chi connectivity index (χ1v) is 11.8. The lowest BCUT2D eigenvalue weighted by atomic mass is 10.1. The van der Waals surface area contributed by atoms with Crippen LogP contribution in [0.5, 0.6) is 5.75 Å². The summed E-state index contributed by atoms with van der Waals surface area (Å²) >= 11 is 0. The topological polar surface area (TPSA) is 63.0 Å². The molecule has 6 nitrogen and oxygen atoms in total. The molecule has 1 atom stereocenters. The van der Waals surface area contributed by atoms with Crippen LogP contribution in [0.4, 0.5) is 0 Å². The van der Waals surface area contributed by atoms with Crippen molar-refractivity contribution in [3.8, 4) is 5.75 Å². The summed E-state index contributed by atoms with van der Waals surface area (Å²) in [6.45, 7) is 4.97. The minimum absolute atomic E-state index is 0.0412. The van der Waals surface area contributed by atoms with Crippen molar-refractivity contribution in [3.63, 3.8) is 0 Å². The van der Waals surface area contributed by atoms with Crippen LogP contribution < -0.4 is 4.74 Å². The fraction of sp³-hybridized carbons (Fsp3) is 0.357. The number of carbonyl (C=O) groups excluding carboxylic acids is 2. The van der Waals surface area contributed by atoms with E-state index in [4.69, 9.17) is 9.15 Å². The van der Waals surface area contributed by atoms with Gasteiger partial charge < -0.3 is 19.0 Å². The highest BCUT2D eigenvalue weighted by molar-refractivity contribution is 5.86. The Morgan fingerprint density at radius 3 is 2.29 bits per heavy atom. The third-order valence-electron chi connectivity index (χ3n) is 6.06. The van der Waals surface area contributed by atoms with E-state index in [1.807, 2.05) is 68.4 Å². The van der Waals surface area contributed by atoms with E-state index >= 15 is 0 Å².